The first kappa shape index (κ1) is 17.4. The number of rotatable bonds is 7. The van der Waals surface area contributed by atoms with Crippen LogP contribution in [0.25, 0.3) is 0 Å². The van der Waals surface area contributed by atoms with E-state index < -0.39 is 23.4 Å². The van der Waals surface area contributed by atoms with Gasteiger partial charge in [-0.15, -0.1) is 0 Å². The van der Waals surface area contributed by atoms with Crippen LogP contribution in [-0.4, -0.2) is 44.0 Å². The molecule has 1 aromatic rings. The smallest absolute Gasteiger partial charge is 0.338 e. The summed E-state index contributed by atoms with van der Waals surface area (Å²) >= 11 is 0. The van der Waals surface area contributed by atoms with Gasteiger partial charge in [-0.3, -0.25) is 14.9 Å². The van der Waals surface area contributed by atoms with Crippen LogP contribution in [0.1, 0.15) is 23.7 Å². The minimum atomic E-state index is -0.778. The molecule has 1 aromatic carbocycles. The molecule has 120 valence electrons. The summed E-state index contributed by atoms with van der Waals surface area (Å²) in [6.45, 7) is 1.99. The van der Waals surface area contributed by atoms with Crippen LogP contribution >= 0.6 is 0 Å². The predicted octanol–water partition coefficient (Wildman–Crippen LogP) is 1.34. The van der Waals surface area contributed by atoms with Crippen molar-refractivity contribution in [2.45, 2.75) is 13.3 Å². The molecule has 0 unspecified atom stereocenters. The number of hydrogen-bond acceptors (Lipinski definition) is 6. The molecule has 0 heterocycles. The molecule has 0 radical (unpaired) electrons. The molecule has 1 N–H and O–H groups in total. The molecule has 0 atom stereocenters. The summed E-state index contributed by atoms with van der Waals surface area (Å²) in [7, 11) is 3.33. The fourth-order valence-corrected chi connectivity index (χ4v) is 1.70. The highest BCUT2D eigenvalue weighted by Crippen LogP contribution is 2.27. The van der Waals surface area contributed by atoms with Crippen LogP contribution in [0.3, 0.4) is 0 Å². The Morgan fingerprint density at radius 1 is 1.36 bits per heavy atom. The van der Waals surface area contributed by atoms with E-state index in [1.165, 1.54) is 12.1 Å². The zero-order valence-electron chi connectivity index (χ0n) is 12.8. The molecule has 0 aliphatic carbocycles. The van der Waals surface area contributed by atoms with E-state index in [1.54, 1.807) is 19.0 Å². The van der Waals surface area contributed by atoms with Gasteiger partial charge < -0.3 is 15.0 Å². The summed E-state index contributed by atoms with van der Waals surface area (Å²) in [6.07, 6.45) is 0.776. The summed E-state index contributed by atoms with van der Waals surface area (Å²) in [5, 5.41) is 13.6. The van der Waals surface area contributed by atoms with Crippen LogP contribution in [0.4, 0.5) is 11.4 Å². The van der Waals surface area contributed by atoms with E-state index in [4.69, 9.17) is 4.74 Å². The zero-order valence-corrected chi connectivity index (χ0v) is 12.8. The number of ether oxygens (including phenoxy) is 1. The molecule has 0 aliphatic rings. The van der Waals surface area contributed by atoms with Crippen LogP contribution in [0, 0.1) is 10.1 Å². The van der Waals surface area contributed by atoms with Gasteiger partial charge in [0.25, 0.3) is 11.6 Å². The van der Waals surface area contributed by atoms with Crippen molar-refractivity contribution in [3.63, 3.8) is 0 Å². The van der Waals surface area contributed by atoms with E-state index >= 15 is 0 Å². The largest absolute Gasteiger partial charge is 0.452 e. The van der Waals surface area contributed by atoms with E-state index in [9.17, 15) is 19.7 Å². The normalized spacial score (nSPS) is 9.95. The Labute approximate surface area is 128 Å². The first-order valence-electron chi connectivity index (χ1n) is 6.76. The highest BCUT2D eigenvalue weighted by molar-refractivity contribution is 5.93. The lowest BCUT2D eigenvalue weighted by molar-refractivity contribution is -0.384. The number of nitrogens with zero attached hydrogens (tertiary/aromatic N) is 2. The molecule has 1 amide bonds. The quantitative estimate of drug-likeness (QED) is 0.463. The number of nitro groups is 1. The number of carbonyl (C=O) groups excluding carboxylic acids is 2. The molecule has 0 saturated carbocycles. The molecule has 0 spiro atoms. The van der Waals surface area contributed by atoms with Crippen LogP contribution in [0.2, 0.25) is 0 Å². The predicted molar refractivity (Wildman–Crippen MR) is 81.0 cm³/mol. The van der Waals surface area contributed by atoms with Crippen molar-refractivity contribution in [1.29, 1.82) is 0 Å². The van der Waals surface area contributed by atoms with Gasteiger partial charge in [-0.05, 0) is 18.6 Å². The molecule has 1 rings (SSSR count). The number of benzene rings is 1. The van der Waals surface area contributed by atoms with Crippen molar-refractivity contribution in [3.05, 3.63) is 33.9 Å². The summed E-state index contributed by atoms with van der Waals surface area (Å²) in [5.74, 6) is -1.19. The maximum absolute atomic E-state index is 11.8. The lowest BCUT2D eigenvalue weighted by atomic mass is 10.1. The number of nitrogens with one attached hydrogen (secondary N) is 1. The minimum Gasteiger partial charge on any atom is -0.452 e. The van der Waals surface area contributed by atoms with Gasteiger partial charge in [-0.1, -0.05) is 6.92 Å². The Balaban J connectivity index is 2.80. The molecule has 22 heavy (non-hydrogen) atoms. The van der Waals surface area contributed by atoms with Gasteiger partial charge in [0.15, 0.2) is 6.61 Å². The lowest BCUT2D eigenvalue weighted by Crippen LogP contribution is -2.29. The van der Waals surface area contributed by atoms with Gasteiger partial charge in [0.05, 0.1) is 10.5 Å². The number of hydrogen-bond donors (Lipinski definition) is 1. The highest BCUT2D eigenvalue weighted by atomic mass is 16.6. The molecule has 0 aliphatic heterocycles. The summed E-state index contributed by atoms with van der Waals surface area (Å²) in [4.78, 5) is 35.2. The Morgan fingerprint density at radius 2 is 2.05 bits per heavy atom. The molecule has 8 heteroatoms. The van der Waals surface area contributed by atoms with Crippen molar-refractivity contribution in [3.8, 4) is 0 Å². The second-order valence-electron chi connectivity index (χ2n) is 4.78. The standard InChI is InChI=1S/C14H19N3O5/c1-4-7-15-13(18)9-22-14(19)10-5-6-11(16(2)3)12(8-10)17(20)21/h5-6,8H,4,7,9H2,1-3H3,(H,15,18). The van der Waals surface area contributed by atoms with Crippen molar-refractivity contribution in [2.24, 2.45) is 0 Å². The Hall–Kier alpha value is -2.64. The number of carbonyl (C=O) groups is 2. The van der Waals surface area contributed by atoms with Crippen LogP contribution in [0.5, 0.6) is 0 Å². The number of esters is 1. The maximum atomic E-state index is 11.8. The molecule has 0 aromatic heterocycles. The lowest BCUT2D eigenvalue weighted by Gasteiger charge is -2.13. The van der Waals surface area contributed by atoms with Crippen molar-refractivity contribution < 1.29 is 19.2 Å². The van der Waals surface area contributed by atoms with Crippen molar-refractivity contribution >= 4 is 23.3 Å². The molecule has 0 bridgehead atoms. The van der Waals surface area contributed by atoms with Gasteiger partial charge in [-0.2, -0.15) is 0 Å². The monoisotopic (exact) mass is 309 g/mol. The van der Waals surface area contributed by atoms with Gasteiger partial charge in [0.2, 0.25) is 0 Å². The van der Waals surface area contributed by atoms with E-state index in [2.05, 4.69) is 5.32 Å². The Bertz CT molecular complexity index is 572. The third kappa shape index (κ3) is 4.72. The summed E-state index contributed by atoms with van der Waals surface area (Å²) in [5.41, 5.74) is 0.206. The van der Waals surface area contributed by atoms with Crippen LogP contribution in [-0.2, 0) is 9.53 Å². The topological polar surface area (TPSA) is 102 Å². The first-order valence-corrected chi connectivity index (χ1v) is 6.76. The molecular weight excluding hydrogens is 290 g/mol. The minimum absolute atomic E-state index is 0.0283. The number of anilines is 1. The molecule has 0 fully saturated rings. The summed E-state index contributed by atoms with van der Waals surface area (Å²) < 4.78 is 4.83. The SMILES string of the molecule is CCCNC(=O)COC(=O)c1ccc(N(C)C)c([N+](=O)[O-])c1. The Kier molecular flexibility index (Phi) is 6.30. The van der Waals surface area contributed by atoms with Gasteiger partial charge in [-0.25, -0.2) is 4.79 Å². The van der Waals surface area contributed by atoms with E-state index in [1.807, 2.05) is 6.92 Å². The van der Waals surface area contributed by atoms with Gasteiger partial charge in [0, 0.05) is 26.7 Å². The fraction of sp³-hybridized carbons (Fsp3) is 0.429. The highest BCUT2D eigenvalue weighted by Gasteiger charge is 2.19. The van der Waals surface area contributed by atoms with Gasteiger partial charge in [0.1, 0.15) is 5.69 Å². The number of amides is 1. The average Bonchev–Trinajstić information content (AvgIpc) is 2.49. The second kappa shape index (κ2) is 7.96. The van der Waals surface area contributed by atoms with E-state index in [0.29, 0.717) is 12.2 Å². The third-order valence-corrected chi connectivity index (χ3v) is 2.80. The van der Waals surface area contributed by atoms with E-state index in [0.717, 1.165) is 12.5 Å². The zero-order chi connectivity index (χ0) is 16.7. The van der Waals surface area contributed by atoms with Gasteiger partial charge >= 0.3 is 5.97 Å². The molecule has 0 saturated heterocycles. The van der Waals surface area contributed by atoms with Crippen molar-refractivity contribution in [2.75, 3.05) is 32.1 Å². The first-order chi connectivity index (χ1) is 10.4. The molecule has 8 nitrogen and oxygen atoms in total. The van der Waals surface area contributed by atoms with E-state index in [-0.39, 0.29) is 11.3 Å². The molecular formula is C14H19N3O5. The summed E-state index contributed by atoms with van der Waals surface area (Å²) in [6, 6.07) is 4.03. The van der Waals surface area contributed by atoms with Crippen molar-refractivity contribution in [1.82, 2.24) is 5.32 Å². The van der Waals surface area contributed by atoms with Crippen LogP contribution < -0.4 is 10.2 Å². The van der Waals surface area contributed by atoms with Crippen LogP contribution in [0.15, 0.2) is 18.2 Å². The Morgan fingerprint density at radius 3 is 2.59 bits per heavy atom. The number of nitro benzene ring substituents is 1. The average molecular weight is 309 g/mol. The second-order valence-corrected chi connectivity index (χ2v) is 4.78. The maximum Gasteiger partial charge on any atom is 0.338 e. The third-order valence-electron chi connectivity index (χ3n) is 2.80. The fourth-order valence-electron chi connectivity index (χ4n) is 1.70.